The van der Waals surface area contributed by atoms with Crippen molar-refractivity contribution in [1.29, 1.82) is 0 Å². The summed E-state index contributed by atoms with van der Waals surface area (Å²) in [6.07, 6.45) is -6.02. The maximum absolute atomic E-state index is 10.9. The summed E-state index contributed by atoms with van der Waals surface area (Å²) in [6, 6.07) is 0. The van der Waals surface area contributed by atoms with E-state index in [1.165, 1.54) is 0 Å². The van der Waals surface area contributed by atoms with Gasteiger partial charge >= 0.3 is 5.97 Å². The Hall–Kier alpha value is -1.22. The minimum atomic E-state index is -2.42. The van der Waals surface area contributed by atoms with Gasteiger partial charge in [-0.2, -0.15) is 0 Å². The monoisotopic (exact) mass is 223 g/mol. The van der Waals surface area contributed by atoms with Crippen molar-refractivity contribution >= 4 is 11.9 Å². The van der Waals surface area contributed by atoms with Crippen molar-refractivity contribution in [2.45, 2.75) is 18.3 Å². The summed E-state index contributed by atoms with van der Waals surface area (Å²) in [5.41, 5.74) is 0. The van der Waals surface area contributed by atoms with Gasteiger partial charge in [-0.15, -0.1) is 0 Å². The molecule has 8 nitrogen and oxygen atoms in total. The van der Waals surface area contributed by atoms with Gasteiger partial charge in [0, 0.05) is 0 Å². The normalized spacial score (nSPS) is 14.7. The summed E-state index contributed by atoms with van der Waals surface area (Å²) in [5, 5.41) is 44.6. The highest BCUT2D eigenvalue weighted by Gasteiger charge is 2.28. The zero-order valence-corrected chi connectivity index (χ0v) is 7.57. The van der Waals surface area contributed by atoms with Crippen molar-refractivity contribution in [2.75, 3.05) is 13.2 Å². The van der Waals surface area contributed by atoms with Crippen molar-refractivity contribution in [3.63, 3.8) is 0 Å². The minimum Gasteiger partial charge on any atom is -0.547 e. The van der Waals surface area contributed by atoms with E-state index in [1.807, 2.05) is 0 Å². The predicted octanol–water partition coefficient (Wildman–Crippen LogP) is -4.65. The number of aliphatic carboxylic acids is 1. The fraction of sp³-hybridized carbons (Fsp3) is 0.714. The van der Waals surface area contributed by atoms with Crippen LogP contribution in [0.2, 0.25) is 0 Å². The molecule has 2 unspecified atom stereocenters. The standard InChI is InChI=1S/C7H12O8/c8-1-3(2-9)15-7(14)5(11)4(10)6(12)13/h3-5,8-11H,1-2H2,(H,12,13)/p-1. The SMILES string of the molecule is O=C([O-])C(O)C(O)C(=O)OC(CO)CO. The Morgan fingerprint density at radius 1 is 1.13 bits per heavy atom. The minimum absolute atomic E-state index is 0.698. The van der Waals surface area contributed by atoms with E-state index in [0.29, 0.717) is 0 Å². The smallest absolute Gasteiger partial charge is 0.338 e. The fourth-order valence-corrected chi connectivity index (χ4v) is 0.624. The molecule has 15 heavy (non-hydrogen) atoms. The van der Waals surface area contributed by atoms with Crippen molar-refractivity contribution in [1.82, 2.24) is 0 Å². The summed E-state index contributed by atoms with van der Waals surface area (Å²) in [4.78, 5) is 20.9. The maximum Gasteiger partial charge on any atom is 0.338 e. The molecule has 8 heteroatoms. The van der Waals surface area contributed by atoms with E-state index in [1.54, 1.807) is 0 Å². The van der Waals surface area contributed by atoms with Gasteiger partial charge in [0.2, 0.25) is 0 Å². The van der Waals surface area contributed by atoms with Crippen LogP contribution in [0, 0.1) is 0 Å². The van der Waals surface area contributed by atoms with E-state index in [2.05, 4.69) is 4.74 Å². The summed E-state index contributed by atoms with van der Waals surface area (Å²) in [5.74, 6) is -3.51. The highest BCUT2D eigenvalue weighted by molar-refractivity contribution is 5.83. The number of ether oxygens (including phenoxy) is 1. The second kappa shape index (κ2) is 6.30. The Balaban J connectivity index is 4.26. The van der Waals surface area contributed by atoms with Gasteiger partial charge in [-0.1, -0.05) is 0 Å². The Labute approximate surface area is 84.3 Å². The molecule has 0 aromatic heterocycles. The second-order valence-corrected chi connectivity index (χ2v) is 2.63. The zero-order chi connectivity index (χ0) is 12.0. The van der Waals surface area contributed by atoms with Gasteiger partial charge in [0.15, 0.2) is 6.10 Å². The van der Waals surface area contributed by atoms with Crippen LogP contribution in [0.4, 0.5) is 0 Å². The van der Waals surface area contributed by atoms with Gasteiger partial charge in [0.25, 0.3) is 0 Å². The largest absolute Gasteiger partial charge is 0.547 e. The molecular formula is C7H11O8-. The zero-order valence-electron chi connectivity index (χ0n) is 7.57. The molecule has 0 aromatic carbocycles. The molecule has 0 heterocycles. The van der Waals surface area contributed by atoms with Crippen LogP contribution in [-0.2, 0) is 14.3 Å². The van der Waals surface area contributed by atoms with Crippen LogP contribution in [0.1, 0.15) is 0 Å². The lowest BCUT2D eigenvalue weighted by atomic mass is 10.2. The van der Waals surface area contributed by atoms with Crippen LogP contribution in [-0.4, -0.2) is 63.9 Å². The number of esters is 1. The third-order valence-electron chi connectivity index (χ3n) is 1.47. The van der Waals surface area contributed by atoms with E-state index in [0.717, 1.165) is 0 Å². The van der Waals surface area contributed by atoms with E-state index in [-0.39, 0.29) is 0 Å². The topological polar surface area (TPSA) is 147 Å². The Morgan fingerprint density at radius 2 is 1.60 bits per heavy atom. The first-order valence-electron chi connectivity index (χ1n) is 3.93. The van der Waals surface area contributed by atoms with E-state index in [9.17, 15) is 14.7 Å². The molecule has 88 valence electrons. The van der Waals surface area contributed by atoms with Gasteiger partial charge < -0.3 is 35.1 Å². The number of aliphatic hydroxyl groups is 4. The highest BCUT2D eigenvalue weighted by atomic mass is 16.6. The van der Waals surface area contributed by atoms with Crippen molar-refractivity contribution < 1.29 is 39.9 Å². The second-order valence-electron chi connectivity index (χ2n) is 2.63. The number of rotatable bonds is 6. The average Bonchev–Trinajstić information content (AvgIpc) is 2.23. The molecule has 4 N–H and O–H groups in total. The van der Waals surface area contributed by atoms with Crippen LogP contribution in [0.25, 0.3) is 0 Å². The van der Waals surface area contributed by atoms with Crippen molar-refractivity contribution in [3.05, 3.63) is 0 Å². The number of carbonyl (C=O) groups is 2. The van der Waals surface area contributed by atoms with Crippen LogP contribution < -0.4 is 5.11 Å². The molecule has 0 radical (unpaired) electrons. The van der Waals surface area contributed by atoms with Crippen LogP contribution >= 0.6 is 0 Å². The molecule has 0 spiro atoms. The van der Waals surface area contributed by atoms with Gasteiger partial charge in [-0.3, -0.25) is 0 Å². The molecule has 0 aliphatic carbocycles. The maximum atomic E-state index is 10.9. The lowest BCUT2D eigenvalue weighted by Crippen LogP contribution is -2.48. The lowest BCUT2D eigenvalue weighted by Gasteiger charge is -2.19. The lowest BCUT2D eigenvalue weighted by molar-refractivity contribution is -0.318. The van der Waals surface area contributed by atoms with Crippen LogP contribution in [0.5, 0.6) is 0 Å². The summed E-state index contributed by atoms with van der Waals surface area (Å²) in [6.45, 7) is -1.40. The molecule has 0 aliphatic rings. The molecule has 0 aromatic rings. The molecule has 0 saturated heterocycles. The van der Waals surface area contributed by atoms with Crippen molar-refractivity contribution in [3.8, 4) is 0 Å². The van der Waals surface area contributed by atoms with Crippen LogP contribution in [0.15, 0.2) is 0 Å². The molecule has 0 fully saturated rings. The van der Waals surface area contributed by atoms with E-state index in [4.69, 9.17) is 20.4 Å². The van der Waals surface area contributed by atoms with E-state index < -0.39 is 43.5 Å². The Kier molecular flexibility index (Phi) is 5.79. The molecule has 0 aliphatic heterocycles. The van der Waals surface area contributed by atoms with Gasteiger partial charge in [0.1, 0.15) is 12.2 Å². The first kappa shape index (κ1) is 13.8. The molecule has 0 bridgehead atoms. The van der Waals surface area contributed by atoms with E-state index >= 15 is 0 Å². The van der Waals surface area contributed by atoms with Gasteiger partial charge in [-0.05, 0) is 0 Å². The summed E-state index contributed by atoms with van der Waals surface area (Å²) in [7, 11) is 0. The number of aliphatic hydroxyl groups excluding tert-OH is 4. The number of hydrogen-bond acceptors (Lipinski definition) is 8. The summed E-state index contributed by atoms with van der Waals surface area (Å²) < 4.78 is 4.24. The quantitative estimate of drug-likeness (QED) is 0.328. The Morgan fingerprint density at radius 3 is 1.93 bits per heavy atom. The number of carboxylic acid groups (broad SMARTS) is 1. The number of carbonyl (C=O) groups excluding carboxylic acids is 2. The predicted molar refractivity (Wildman–Crippen MR) is 41.1 cm³/mol. The number of hydrogen-bond donors (Lipinski definition) is 4. The molecular weight excluding hydrogens is 212 g/mol. The first-order chi connectivity index (χ1) is 6.93. The fourth-order valence-electron chi connectivity index (χ4n) is 0.624. The average molecular weight is 223 g/mol. The third-order valence-corrected chi connectivity index (χ3v) is 1.47. The molecule has 0 amide bonds. The molecule has 0 rings (SSSR count). The summed E-state index contributed by atoms with van der Waals surface area (Å²) >= 11 is 0. The first-order valence-corrected chi connectivity index (χ1v) is 3.93. The highest BCUT2D eigenvalue weighted by Crippen LogP contribution is 1.99. The van der Waals surface area contributed by atoms with Gasteiger partial charge in [-0.25, -0.2) is 4.79 Å². The molecule has 2 atom stereocenters. The third kappa shape index (κ3) is 4.21. The van der Waals surface area contributed by atoms with Crippen molar-refractivity contribution in [2.24, 2.45) is 0 Å². The van der Waals surface area contributed by atoms with Crippen LogP contribution in [0.3, 0.4) is 0 Å². The van der Waals surface area contributed by atoms with Gasteiger partial charge in [0.05, 0.1) is 19.2 Å². The Bertz CT molecular complexity index is 223. The molecule has 0 saturated carbocycles. The number of carboxylic acids is 1.